The molecule has 0 bridgehead atoms. The SMILES string of the molecule is CC(=O)CCOc1cc(F)ccc1F. The van der Waals surface area contributed by atoms with Crippen molar-refractivity contribution in [1.29, 1.82) is 0 Å². The summed E-state index contributed by atoms with van der Waals surface area (Å²) in [7, 11) is 0. The Labute approximate surface area is 80.5 Å². The van der Waals surface area contributed by atoms with Crippen LogP contribution in [0.1, 0.15) is 13.3 Å². The van der Waals surface area contributed by atoms with E-state index < -0.39 is 11.6 Å². The third-order valence-electron chi connectivity index (χ3n) is 1.60. The van der Waals surface area contributed by atoms with Crippen LogP contribution in [0.15, 0.2) is 18.2 Å². The lowest BCUT2D eigenvalue weighted by Gasteiger charge is -2.05. The van der Waals surface area contributed by atoms with E-state index in [-0.39, 0.29) is 24.6 Å². The van der Waals surface area contributed by atoms with E-state index in [0.717, 1.165) is 18.2 Å². The summed E-state index contributed by atoms with van der Waals surface area (Å²) in [6.07, 6.45) is 0.190. The number of Topliss-reactive ketones (excluding diaryl/α,β-unsaturated/α-hetero) is 1. The second kappa shape index (κ2) is 4.69. The van der Waals surface area contributed by atoms with E-state index in [0.29, 0.717) is 0 Å². The predicted molar refractivity (Wildman–Crippen MR) is 47.2 cm³/mol. The van der Waals surface area contributed by atoms with Crippen molar-refractivity contribution in [2.75, 3.05) is 6.61 Å². The average molecular weight is 200 g/mol. The van der Waals surface area contributed by atoms with Crippen molar-refractivity contribution in [3.63, 3.8) is 0 Å². The fraction of sp³-hybridized carbons (Fsp3) is 0.300. The van der Waals surface area contributed by atoms with Crippen LogP contribution >= 0.6 is 0 Å². The first-order valence-corrected chi connectivity index (χ1v) is 4.17. The summed E-state index contributed by atoms with van der Waals surface area (Å²) in [5.41, 5.74) is 0. The average Bonchev–Trinajstić information content (AvgIpc) is 2.10. The van der Waals surface area contributed by atoms with E-state index in [2.05, 4.69) is 0 Å². The number of carbonyl (C=O) groups is 1. The Kier molecular flexibility index (Phi) is 3.56. The summed E-state index contributed by atoms with van der Waals surface area (Å²) in [6.45, 7) is 1.47. The lowest BCUT2D eigenvalue weighted by atomic mass is 10.3. The van der Waals surface area contributed by atoms with Crippen LogP contribution in [0.4, 0.5) is 8.78 Å². The van der Waals surface area contributed by atoms with Crippen LogP contribution in [0.5, 0.6) is 5.75 Å². The molecule has 1 rings (SSSR count). The van der Waals surface area contributed by atoms with Crippen molar-refractivity contribution in [2.24, 2.45) is 0 Å². The number of benzene rings is 1. The maximum absolute atomic E-state index is 12.9. The minimum absolute atomic E-state index is 0.0539. The molecule has 0 amide bonds. The van der Waals surface area contributed by atoms with Gasteiger partial charge in [0.25, 0.3) is 0 Å². The van der Waals surface area contributed by atoms with Gasteiger partial charge in [0.15, 0.2) is 11.6 Å². The summed E-state index contributed by atoms with van der Waals surface area (Å²) in [4.78, 5) is 10.5. The monoisotopic (exact) mass is 200 g/mol. The molecule has 76 valence electrons. The molecule has 0 aliphatic carbocycles. The Morgan fingerprint density at radius 3 is 2.79 bits per heavy atom. The summed E-state index contributed by atoms with van der Waals surface area (Å²) in [6, 6.07) is 2.95. The van der Waals surface area contributed by atoms with Crippen molar-refractivity contribution in [1.82, 2.24) is 0 Å². The van der Waals surface area contributed by atoms with Crippen LogP contribution < -0.4 is 4.74 Å². The topological polar surface area (TPSA) is 26.3 Å². The van der Waals surface area contributed by atoms with Gasteiger partial charge in [-0.2, -0.15) is 0 Å². The predicted octanol–water partition coefficient (Wildman–Crippen LogP) is 2.32. The van der Waals surface area contributed by atoms with Crippen molar-refractivity contribution >= 4 is 5.78 Å². The van der Waals surface area contributed by atoms with E-state index in [9.17, 15) is 13.6 Å². The lowest BCUT2D eigenvalue weighted by Crippen LogP contribution is -2.04. The van der Waals surface area contributed by atoms with Gasteiger partial charge in [-0.1, -0.05) is 0 Å². The van der Waals surface area contributed by atoms with E-state index in [1.807, 2.05) is 0 Å². The highest BCUT2D eigenvalue weighted by Gasteiger charge is 2.04. The molecule has 0 fully saturated rings. The number of ketones is 1. The highest BCUT2D eigenvalue weighted by Crippen LogP contribution is 2.17. The van der Waals surface area contributed by atoms with Gasteiger partial charge in [0.05, 0.1) is 6.61 Å². The number of hydrogen-bond donors (Lipinski definition) is 0. The molecule has 0 N–H and O–H groups in total. The van der Waals surface area contributed by atoms with Crippen molar-refractivity contribution in [3.05, 3.63) is 29.8 Å². The van der Waals surface area contributed by atoms with E-state index >= 15 is 0 Å². The Bertz CT molecular complexity index is 337. The second-order valence-electron chi connectivity index (χ2n) is 2.88. The molecule has 0 aliphatic rings. The number of halogens is 2. The van der Waals surface area contributed by atoms with Crippen LogP contribution in [-0.2, 0) is 4.79 Å². The summed E-state index contributed by atoms with van der Waals surface area (Å²) < 4.78 is 30.4. The lowest BCUT2D eigenvalue weighted by molar-refractivity contribution is -0.117. The molecule has 14 heavy (non-hydrogen) atoms. The van der Waals surface area contributed by atoms with Crippen LogP contribution in [0.3, 0.4) is 0 Å². The summed E-state index contributed by atoms with van der Waals surface area (Å²) >= 11 is 0. The van der Waals surface area contributed by atoms with Crippen LogP contribution in [0.2, 0.25) is 0 Å². The highest BCUT2D eigenvalue weighted by atomic mass is 19.1. The van der Waals surface area contributed by atoms with Gasteiger partial charge >= 0.3 is 0 Å². The largest absolute Gasteiger partial charge is 0.490 e. The molecule has 1 aromatic rings. The van der Waals surface area contributed by atoms with E-state index in [1.54, 1.807) is 0 Å². The van der Waals surface area contributed by atoms with Gasteiger partial charge in [-0.05, 0) is 19.1 Å². The third kappa shape index (κ3) is 3.12. The molecule has 0 aliphatic heterocycles. The molecule has 4 heteroatoms. The molecule has 0 saturated heterocycles. The fourth-order valence-electron chi connectivity index (χ4n) is 0.893. The van der Waals surface area contributed by atoms with Crippen molar-refractivity contribution in [2.45, 2.75) is 13.3 Å². The smallest absolute Gasteiger partial charge is 0.165 e. The van der Waals surface area contributed by atoms with Gasteiger partial charge < -0.3 is 4.74 Å². The minimum Gasteiger partial charge on any atom is -0.490 e. The molecule has 0 aromatic heterocycles. The maximum Gasteiger partial charge on any atom is 0.165 e. The van der Waals surface area contributed by atoms with Crippen LogP contribution in [0, 0.1) is 11.6 Å². The molecule has 0 saturated carbocycles. The van der Waals surface area contributed by atoms with E-state index in [4.69, 9.17) is 4.74 Å². The zero-order valence-electron chi connectivity index (χ0n) is 7.72. The highest BCUT2D eigenvalue weighted by molar-refractivity contribution is 5.75. The Hall–Kier alpha value is -1.45. The first-order valence-electron chi connectivity index (χ1n) is 4.17. The quantitative estimate of drug-likeness (QED) is 0.745. The maximum atomic E-state index is 12.9. The van der Waals surface area contributed by atoms with E-state index in [1.165, 1.54) is 6.92 Å². The van der Waals surface area contributed by atoms with Crippen LogP contribution in [-0.4, -0.2) is 12.4 Å². The molecule has 0 radical (unpaired) electrons. The first-order chi connectivity index (χ1) is 6.59. The zero-order chi connectivity index (χ0) is 10.6. The summed E-state index contributed by atoms with van der Waals surface area (Å²) in [5.74, 6) is -1.41. The van der Waals surface area contributed by atoms with Gasteiger partial charge in [-0.15, -0.1) is 0 Å². The summed E-state index contributed by atoms with van der Waals surface area (Å²) in [5, 5.41) is 0. The van der Waals surface area contributed by atoms with Gasteiger partial charge in [-0.3, -0.25) is 4.79 Å². The molecule has 0 atom stereocenters. The fourth-order valence-corrected chi connectivity index (χ4v) is 0.893. The number of ether oxygens (including phenoxy) is 1. The van der Waals surface area contributed by atoms with Gasteiger partial charge in [-0.25, -0.2) is 8.78 Å². The first kappa shape index (κ1) is 10.6. The Balaban J connectivity index is 2.57. The van der Waals surface area contributed by atoms with Crippen molar-refractivity contribution < 1.29 is 18.3 Å². The van der Waals surface area contributed by atoms with Gasteiger partial charge in [0.2, 0.25) is 0 Å². The molecule has 1 aromatic carbocycles. The zero-order valence-corrected chi connectivity index (χ0v) is 7.72. The Morgan fingerprint density at radius 2 is 2.14 bits per heavy atom. The molecular weight excluding hydrogens is 190 g/mol. The standard InChI is InChI=1S/C10H10F2O2/c1-7(13)4-5-14-10-6-8(11)2-3-9(10)12/h2-3,6H,4-5H2,1H3. The molecule has 0 spiro atoms. The molecule has 2 nitrogen and oxygen atoms in total. The van der Waals surface area contributed by atoms with Gasteiger partial charge in [0, 0.05) is 12.5 Å². The van der Waals surface area contributed by atoms with Crippen molar-refractivity contribution in [3.8, 4) is 5.75 Å². The molecular formula is C10H10F2O2. The Morgan fingerprint density at radius 1 is 1.43 bits per heavy atom. The second-order valence-corrected chi connectivity index (χ2v) is 2.88. The molecule has 0 unspecified atom stereocenters. The van der Waals surface area contributed by atoms with Gasteiger partial charge in [0.1, 0.15) is 11.6 Å². The minimum atomic E-state index is -0.630. The third-order valence-corrected chi connectivity index (χ3v) is 1.60. The molecule has 0 heterocycles. The normalized spacial score (nSPS) is 9.93. The number of hydrogen-bond acceptors (Lipinski definition) is 2. The van der Waals surface area contributed by atoms with Crippen LogP contribution in [0.25, 0.3) is 0 Å². The number of carbonyl (C=O) groups excluding carboxylic acids is 1. The number of rotatable bonds is 4.